The molecule has 0 radical (unpaired) electrons. The number of carbonyl (C=O) groups is 1. The van der Waals surface area contributed by atoms with Crippen molar-refractivity contribution in [2.75, 3.05) is 30.9 Å². The maximum atomic E-state index is 12.5. The number of anilines is 1. The predicted molar refractivity (Wildman–Crippen MR) is 94.5 cm³/mol. The summed E-state index contributed by atoms with van der Waals surface area (Å²) >= 11 is 1.16. The molecule has 0 saturated carbocycles. The Kier molecular flexibility index (Phi) is 7.25. The summed E-state index contributed by atoms with van der Waals surface area (Å²) in [5, 5.41) is 15.8. The van der Waals surface area contributed by atoms with Crippen LogP contribution < -0.4 is 10.6 Å². The van der Waals surface area contributed by atoms with Crippen LogP contribution in [-0.4, -0.2) is 46.7 Å². The Morgan fingerprint density at radius 1 is 1.44 bits per heavy atom. The first-order chi connectivity index (χ1) is 12.2. The van der Waals surface area contributed by atoms with Crippen LogP contribution >= 0.6 is 11.8 Å². The molecule has 1 heterocycles. The molecule has 0 atom stereocenters. The lowest BCUT2D eigenvalue weighted by molar-refractivity contribution is -0.116. The Morgan fingerprint density at radius 2 is 2.20 bits per heavy atom. The highest BCUT2D eigenvalue weighted by molar-refractivity contribution is 7.99. The summed E-state index contributed by atoms with van der Waals surface area (Å²) in [7, 11) is 1.60. The van der Waals surface area contributed by atoms with E-state index in [-0.39, 0.29) is 23.9 Å². The molecule has 2 aromatic rings. The van der Waals surface area contributed by atoms with Gasteiger partial charge in [0.15, 0.2) is 5.16 Å². The standard InChI is InChI=1S/C16H19N5O3S/c1-24-11-5-9-21-15(23)18-19-16(21)25-12-14(22)20(10-8-17)13-6-3-2-4-7-13/h2-4,6-7H,5,9-12H2,1H3,(H,18,23). The topological polar surface area (TPSA) is 104 Å². The summed E-state index contributed by atoms with van der Waals surface area (Å²) in [6.07, 6.45) is 0.669. The monoisotopic (exact) mass is 361 g/mol. The van der Waals surface area contributed by atoms with Gasteiger partial charge in [-0.15, -0.1) is 5.10 Å². The number of para-hydroxylation sites is 1. The number of carbonyl (C=O) groups excluding carboxylic acids is 1. The van der Waals surface area contributed by atoms with Crippen molar-refractivity contribution in [2.24, 2.45) is 0 Å². The van der Waals surface area contributed by atoms with E-state index in [1.54, 1.807) is 31.4 Å². The van der Waals surface area contributed by atoms with Crippen molar-refractivity contribution in [3.63, 3.8) is 0 Å². The molecular weight excluding hydrogens is 342 g/mol. The number of aromatic amines is 1. The minimum absolute atomic E-state index is 0.0371. The molecule has 0 aliphatic carbocycles. The van der Waals surface area contributed by atoms with Crippen LogP contribution in [0.15, 0.2) is 40.3 Å². The van der Waals surface area contributed by atoms with Crippen LogP contribution in [0.3, 0.4) is 0 Å². The van der Waals surface area contributed by atoms with Gasteiger partial charge in [0, 0.05) is 25.9 Å². The number of aromatic nitrogens is 3. The predicted octanol–water partition coefficient (Wildman–Crippen LogP) is 1.26. The fourth-order valence-corrected chi connectivity index (χ4v) is 3.03. The number of hydrogen-bond donors (Lipinski definition) is 1. The normalized spacial score (nSPS) is 10.4. The third kappa shape index (κ3) is 5.20. The molecule has 2 rings (SSSR count). The fraction of sp³-hybridized carbons (Fsp3) is 0.375. The number of hydrogen-bond acceptors (Lipinski definition) is 6. The molecule has 9 heteroatoms. The van der Waals surface area contributed by atoms with E-state index in [4.69, 9.17) is 10.00 Å². The number of methoxy groups -OCH3 is 1. The summed E-state index contributed by atoms with van der Waals surface area (Å²) in [5.74, 6) is -0.151. The molecule has 1 aromatic heterocycles. The van der Waals surface area contributed by atoms with Gasteiger partial charge in [0.05, 0.1) is 11.8 Å². The van der Waals surface area contributed by atoms with E-state index in [1.807, 2.05) is 12.1 Å². The zero-order chi connectivity index (χ0) is 18.1. The Bertz CT molecular complexity index is 781. The third-order valence-corrected chi connectivity index (χ3v) is 4.34. The largest absolute Gasteiger partial charge is 0.385 e. The fourth-order valence-electron chi connectivity index (χ4n) is 2.18. The average molecular weight is 361 g/mol. The number of benzene rings is 1. The number of nitrogens with one attached hydrogen (secondary N) is 1. The zero-order valence-electron chi connectivity index (χ0n) is 13.8. The quantitative estimate of drug-likeness (QED) is 0.410. The van der Waals surface area contributed by atoms with Gasteiger partial charge in [-0.2, -0.15) is 5.26 Å². The number of amides is 1. The number of nitriles is 1. The van der Waals surface area contributed by atoms with E-state index >= 15 is 0 Å². The molecule has 1 N–H and O–H groups in total. The van der Waals surface area contributed by atoms with Crippen molar-refractivity contribution in [2.45, 2.75) is 18.1 Å². The second-order valence-electron chi connectivity index (χ2n) is 5.07. The minimum atomic E-state index is -0.317. The van der Waals surface area contributed by atoms with Crippen molar-refractivity contribution >= 4 is 23.4 Å². The molecule has 0 bridgehead atoms. The van der Waals surface area contributed by atoms with Gasteiger partial charge in [0.2, 0.25) is 5.91 Å². The van der Waals surface area contributed by atoms with Crippen LogP contribution in [0.2, 0.25) is 0 Å². The van der Waals surface area contributed by atoms with Crippen molar-refractivity contribution in [1.82, 2.24) is 14.8 Å². The van der Waals surface area contributed by atoms with Gasteiger partial charge in [-0.3, -0.25) is 14.3 Å². The first-order valence-corrected chi connectivity index (χ1v) is 8.65. The van der Waals surface area contributed by atoms with Crippen LogP contribution in [-0.2, 0) is 16.1 Å². The van der Waals surface area contributed by atoms with Crippen LogP contribution in [0.1, 0.15) is 6.42 Å². The van der Waals surface area contributed by atoms with E-state index in [2.05, 4.69) is 10.2 Å². The number of nitrogens with zero attached hydrogens (tertiary/aromatic N) is 4. The SMILES string of the molecule is COCCCn1c(SCC(=O)N(CC#N)c2ccccc2)n[nH]c1=O. The molecule has 0 fully saturated rings. The van der Waals surface area contributed by atoms with Crippen LogP contribution in [0.4, 0.5) is 5.69 Å². The third-order valence-electron chi connectivity index (χ3n) is 3.38. The smallest absolute Gasteiger partial charge is 0.343 e. The molecule has 0 unspecified atom stereocenters. The zero-order valence-corrected chi connectivity index (χ0v) is 14.7. The molecule has 1 amide bonds. The molecule has 25 heavy (non-hydrogen) atoms. The Hall–Kier alpha value is -2.57. The Morgan fingerprint density at radius 3 is 2.88 bits per heavy atom. The number of H-pyrrole nitrogens is 1. The first kappa shape index (κ1) is 18.8. The Balaban J connectivity index is 2.03. The van der Waals surface area contributed by atoms with Crippen LogP contribution in [0.25, 0.3) is 0 Å². The highest BCUT2D eigenvalue weighted by Crippen LogP contribution is 2.18. The summed E-state index contributed by atoms with van der Waals surface area (Å²) in [6, 6.07) is 11.0. The highest BCUT2D eigenvalue weighted by atomic mass is 32.2. The maximum absolute atomic E-state index is 12.5. The maximum Gasteiger partial charge on any atom is 0.343 e. The van der Waals surface area contributed by atoms with E-state index in [9.17, 15) is 9.59 Å². The summed E-state index contributed by atoms with van der Waals surface area (Å²) in [5.41, 5.74) is 0.345. The molecule has 1 aromatic carbocycles. The van der Waals surface area contributed by atoms with Gasteiger partial charge < -0.3 is 4.74 Å². The van der Waals surface area contributed by atoms with E-state index in [1.165, 1.54) is 9.47 Å². The second kappa shape index (κ2) is 9.66. The molecule has 0 saturated heterocycles. The lowest BCUT2D eigenvalue weighted by Gasteiger charge is -2.19. The minimum Gasteiger partial charge on any atom is -0.385 e. The van der Waals surface area contributed by atoms with Gasteiger partial charge in [-0.05, 0) is 18.6 Å². The highest BCUT2D eigenvalue weighted by Gasteiger charge is 2.17. The second-order valence-corrected chi connectivity index (χ2v) is 6.01. The first-order valence-electron chi connectivity index (χ1n) is 7.66. The molecule has 0 aliphatic heterocycles. The van der Waals surface area contributed by atoms with Gasteiger partial charge in [-0.1, -0.05) is 30.0 Å². The van der Waals surface area contributed by atoms with Crippen LogP contribution in [0.5, 0.6) is 0 Å². The molecule has 8 nitrogen and oxygen atoms in total. The number of rotatable bonds is 9. The van der Waals surface area contributed by atoms with E-state index < -0.39 is 0 Å². The molecule has 132 valence electrons. The van der Waals surface area contributed by atoms with Crippen molar-refractivity contribution in [3.05, 3.63) is 40.8 Å². The molecular formula is C16H19N5O3S. The summed E-state index contributed by atoms with van der Waals surface area (Å²) < 4.78 is 6.46. The van der Waals surface area contributed by atoms with Crippen molar-refractivity contribution < 1.29 is 9.53 Å². The Labute approximate surface area is 149 Å². The average Bonchev–Trinajstić information content (AvgIpc) is 2.98. The lowest BCUT2D eigenvalue weighted by Crippen LogP contribution is -2.32. The number of thioether (sulfide) groups is 1. The van der Waals surface area contributed by atoms with Crippen molar-refractivity contribution in [3.8, 4) is 6.07 Å². The van der Waals surface area contributed by atoms with E-state index in [0.717, 1.165) is 11.8 Å². The summed E-state index contributed by atoms with van der Waals surface area (Å²) in [4.78, 5) is 25.7. The molecule has 0 aliphatic rings. The number of ether oxygens (including phenoxy) is 1. The van der Waals surface area contributed by atoms with E-state index in [0.29, 0.717) is 30.4 Å². The lowest BCUT2D eigenvalue weighted by atomic mass is 10.3. The summed E-state index contributed by atoms with van der Waals surface area (Å²) in [6.45, 7) is 0.954. The molecule has 0 spiro atoms. The van der Waals surface area contributed by atoms with Crippen LogP contribution in [0, 0.1) is 11.3 Å². The van der Waals surface area contributed by atoms with Gasteiger partial charge >= 0.3 is 5.69 Å². The van der Waals surface area contributed by atoms with Gasteiger partial charge in [-0.25, -0.2) is 9.89 Å². The van der Waals surface area contributed by atoms with Gasteiger partial charge in [0.25, 0.3) is 0 Å². The van der Waals surface area contributed by atoms with Crippen molar-refractivity contribution in [1.29, 1.82) is 5.26 Å². The van der Waals surface area contributed by atoms with Gasteiger partial charge in [0.1, 0.15) is 6.54 Å².